The van der Waals surface area contributed by atoms with Crippen molar-refractivity contribution in [3.63, 3.8) is 0 Å². The van der Waals surface area contributed by atoms with Gasteiger partial charge in [0, 0.05) is 0 Å². The third kappa shape index (κ3) is 4.00. The molecule has 0 bridgehead atoms. The molecule has 2 rings (SSSR count). The Hall–Kier alpha value is -1.10. The molecule has 0 aromatic rings. The van der Waals surface area contributed by atoms with Crippen molar-refractivity contribution >= 4 is 11.9 Å². The fourth-order valence-electron chi connectivity index (χ4n) is 3.55. The van der Waals surface area contributed by atoms with Gasteiger partial charge < -0.3 is 14.2 Å². The van der Waals surface area contributed by atoms with Crippen LogP contribution in [-0.2, 0) is 23.8 Å². The monoisotopic (exact) mass is 312 g/mol. The van der Waals surface area contributed by atoms with Crippen molar-refractivity contribution in [2.45, 2.75) is 65.8 Å². The third-order valence-electron chi connectivity index (χ3n) is 4.82. The highest BCUT2D eigenvalue weighted by atomic mass is 16.7. The molecule has 22 heavy (non-hydrogen) atoms. The van der Waals surface area contributed by atoms with Crippen molar-refractivity contribution in [2.75, 3.05) is 6.61 Å². The Bertz CT molecular complexity index is 406. The lowest BCUT2D eigenvalue weighted by Gasteiger charge is -2.38. The lowest BCUT2D eigenvalue weighted by molar-refractivity contribution is -0.201. The van der Waals surface area contributed by atoms with Gasteiger partial charge in [-0.25, -0.2) is 0 Å². The normalized spacial score (nSPS) is 35.5. The number of rotatable bonds is 5. The zero-order valence-electron chi connectivity index (χ0n) is 14.0. The molecule has 0 N–H and O–H groups in total. The summed E-state index contributed by atoms with van der Waals surface area (Å²) in [6.07, 6.45) is 2.58. The van der Waals surface area contributed by atoms with E-state index in [1.807, 2.05) is 0 Å². The van der Waals surface area contributed by atoms with E-state index in [-0.39, 0.29) is 18.5 Å². The van der Waals surface area contributed by atoms with Crippen molar-refractivity contribution in [1.29, 1.82) is 0 Å². The Labute approximate surface area is 132 Å². The van der Waals surface area contributed by atoms with Gasteiger partial charge in [0.05, 0.1) is 19.1 Å². The Morgan fingerprint density at radius 2 is 2.09 bits per heavy atom. The van der Waals surface area contributed by atoms with E-state index in [0.29, 0.717) is 24.4 Å². The van der Waals surface area contributed by atoms with Gasteiger partial charge in [-0.1, -0.05) is 27.2 Å². The summed E-state index contributed by atoms with van der Waals surface area (Å²) in [5.74, 6) is 0.140. The first kappa shape index (κ1) is 17.3. The maximum Gasteiger partial charge on any atom is 0.315 e. The molecule has 0 aromatic carbocycles. The maximum atomic E-state index is 12.0. The lowest BCUT2D eigenvalue weighted by atomic mass is 9.75. The third-order valence-corrected chi connectivity index (χ3v) is 4.82. The topological polar surface area (TPSA) is 61.8 Å². The molecule has 5 nitrogen and oxygen atoms in total. The van der Waals surface area contributed by atoms with Gasteiger partial charge in [-0.3, -0.25) is 9.59 Å². The van der Waals surface area contributed by atoms with Crippen LogP contribution in [0.4, 0.5) is 0 Å². The summed E-state index contributed by atoms with van der Waals surface area (Å²) in [6.45, 7) is 8.66. The van der Waals surface area contributed by atoms with Gasteiger partial charge >= 0.3 is 11.9 Å². The molecule has 126 valence electrons. The van der Waals surface area contributed by atoms with Gasteiger partial charge in [0.25, 0.3) is 0 Å². The summed E-state index contributed by atoms with van der Waals surface area (Å²) in [5.41, 5.74) is 0. The second kappa shape index (κ2) is 7.44. The smallest absolute Gasteiger partial charge is 0.315 e. The molecule has 1 aliphatic carbocycles. The zero-order chi connectivity index (χ0) is 16.3. The Balaban J connectivity index is 2.05. The van der Waals surface area contributed by atoms with Gasteiger partial charge in [0.1, 0.15) is 5.92 Å². The molecule has 5 heteroatoms. The molecule has 0 radical (unpaired) electrons. The minimum atomic E-state index is -0.789. The highest BCUT2D eigenvalue weighted by molar-refractivity contribution is 5.83. The molecule has 1 saturated carbocycles. The van der Waals surface area contributed by atoms with Crippen LogP contribution in [0, 0.1) is 23.7 Å². The van der Waals surface area contributed by atoms with Crippen LogP contribution in [0.25, 0.3) is 0 Å². The highest BCUT2D eigenvalue weighted by Gasteiger charge is 2.44. The molecule has 1 heterocycles. The molecule has 1 aliphatic heterocycles. The van der Waals surface area contributed by atoms with Gasteiger partial charge in [-0.2, -0.15) is 0 Å². The average molecular weight is 312 g/mol. The fraction of sp³-hybridized carbons (Fsp3) is 0.882. The first-order valence-electron chi connectivity index (χ1n) is 8.43. The fourth-order valence-corrected chi connectivity index (χ4v) is 3.55. The molecular weight excluding hydrogens is 284 g/mol. The summed E-state index contributed by atoms with van der Waals surface area (Å²) in [4.78, 5) is 23.6. The van der Waals surface area contributed by atoms with E-state index >= 15 is 0 Å². The van der Waals surface area contributed by atoms with E-state index < -0.39 is 18.2 Å². The predicted octanol–water partition coefficient (Wildman–Crippen LogP) is 2.92. The van der Waals surface area contributed by atoms with Crippen LogP contribution in [0.2, 0.25) is 0 Å². The van der Waals surface area contributed by atoms with E-state index in [2.05, 4.69) is 20.8 Å². The molecular formula is C17H28O5. The number of carbonyl (C=O) groups excluding carboxylic acids is 2. The van der Waals surface area contributed by atoms with Gasteiger partial charge in [0.2, 0.25) is 6.29 Å². The minimum absolute atomic E-state index is 0.0385. The lowest BCUT2D eigenvalue weighted by Crippen LogP contribution is -2.40. The highest BCUT2D eigenvalue weighted by Crippen LogP contribution is 2.38. The SMILES string of the molecule is CCOC(=O)[C@@H]1CC(=O)O[C@H]1O[C@@H]1C[C@H](C)CC[C@H]1C(C)C. The van der Waals surface area contributed by atoms with Crippen LogP contribution in [-0.4, -0.2) is 30.9 Å². The van der Waals surface area contributed by atoms with Crippen molar-refractivity contribution in [2.24, 2.45) is 23.7 Å². The number of hydrogen-bond donors (Lipinski definition) is 0. The molecule has 0 unspecified atom stereocenters. The predicted molar refractivity (Wildman–Crippen MR) is 80.8 cm³/mol. The quantitative estimate of drug-likeness (QED) is 0.730. The summed E-state index contributed by atoms with van der Waals surface area (Å²) >= 11 is 0. The number of carbonyl (C=O) groups is 2. The van der Waals surface area contributed by atoms with E-state index in [4.69, 9.17) is 14.2 Å². The van der Waals surface area contributed by atoms with Crippen LogP contribution in [0.3, 0.4) is 0 Å². The second-order valence-electron chi connectivity index (χ2n) is 6.92. The van der Waals surface area contributed by atoms with Crippen LogP contribution in [0.15, 0.2) is 0 Å². The average Bonchev–Trinajstić information content (AvgIpc) is 2.79. The summed E-state index contributed by atoms with van der Waals surface area (Å²) in [6, 6.07) is 0. The first-order valence-corrected chi connectivity index (χ1v) is 8.43. The van der Waals surface area contributed by atoms with Crippen LogP contribution < -0.4 is 0 Å². The van der Waals surface area contributed by atoms with Gasteiger partial charge in [0.15, 0.2) is 0 Å². The Morgan fingerprint density at radius 3 is 2.73 bits per heavy atom. The molecule has 2 fully saturated rings. The molecule has 0 aromatic heterocycles. The molecule has 5 atom stereocenters. The molecule has 2 aliphatic rings. The first-order chi connectivity index (χ1) is 10.4. The second-order valence-corrected chi connectivity index (χ2v) is 6.92. The van der Waals surface area contributed by atoms with Crippen molar-refractivity contribution in [3.8, 4) is 0 Å². The minimum Gasteiger partial charge on any atom is -0.466 e. The summed E-state index contributed by atoms with van der Waals surface area (Å²) in [5, 5.41) is 0. The van der Waals surface area contributed by atoms with Crippen LogP contribution >= 0.6 is 0 Å². The van der Waals surface area contributed by atoms with Crippen LogP contribution in [0.5, 0.6) is 0 Å². The van der Waals surface area contributed by atoms with Crippen molar-refractivity contribution in [1.82, 2.24) is 0 Å². The standard InChI is InChI=1S/C17H28O5/c1-5-20-16(19)13-9-15(18)22-17(13)21-14-8-11(4)6-7-12(14)10(2)3/h10-14,17H,5-9H2,1-4H3/t11-,12+,13+,14-,17-/m1/s1. The Kier molecular flexibility index (Phi) is 5.84. The molecule has 0 amide bonds. The largest absolute Gasteiger partial charge is 0.466 e. The molecule has 1 saturated heterocycles. The Morgan fingerprint density at radius 1 is 1.36 bits per heavy atom. The van der Waals surface area contributed by atoms with E-state index in [1.54, 1.807) is 6.92 Å². The number of esters is 2. The van der Waals surface area contributed by atoms with Crippen LogP contribution in [0.1, 0.15) is 53.4 Å². The van der Waals surface area contributed by atoms with E-state index in [9.17, 15) is 9.59 Å². The maximum absolute atomic E-state index is 12.0. The number of cyclic esters (lactones) is 1. The zero-order valence-corrected chi connectivity index (χ0v) is 14.0. The van der Waals surface area contributed by atoms with Crippen molar-refractivity contribution < 1.29 is 23.8 Å². The number of hydrogen-bond acceptors (Lipinski definition) is 5. The van der Waals surface area contributed by atoms with Crippen molar-refractivity contribution in [3.05, 3.63) is 0 Å². The number of ether oxygens (including phenoxy) is 3. The van der Waals surface area contributed by atoms with Gasteiger partial charge in [-0.05, 0) is 37.5 Å². The van der Waals surface area contributed by atoms with Gasteiger partial charge in [-0.15, -0.1) is 0 Å². The molecule has 0 spiro atoms. The summed E-state index contributed by atoms with van der Waals surface area (Å²) in [7, 11) is 0. The van der Waals surface area contributed by atoms with E-state index in [0.717, 1.165) is 12.8 Å². The van der Waals surface area contributed by atoms with E-state index in [1.165, 1.54) is 6.42 Å². The summed E-state index contributed by atoms with van der Waals surface area (Å²) < 4.78 is 16.4.